The van der Waals surface area contributed by atoms with E-state index in [0.717, 1.165) is 5.82 Å². The van der Waals surface area contributed by atoms with Gasteiger partial charge in [-0.25, -0.2) is 4.98 Å². The summed E-state index contributed by atoms with van der Waals surface area (Å²) in [4.78, 5) is 17.8. The summed E-state index contributed by atoms with van der Waals surface area (Å²) in [6.07, 6.45) is 4.59. The fourth-order valence-corrected chi connectivity index (χ4v) is 0.855. The van der Waals surface area contributed by atoms with Gasteiger partial charge in [-0.2, -0.15) is 0 Å². The zero-order valence-corrected chi connectivity index (χ0v) is 6.87. The van der Waals surface area contributed by atoms with Crippen LogP contribution in [0.25, 0.3) is 0 Å². The zero-order valence-electron chi connectivity index (χ0n) is 6.87. The van der Waals surface area contributed by atoms with Crippen LogP contribution in [0.2, 0.25) is 0 Å². The van der Waals surface area contributed by atoms with Gasteiger partial charge in [0.2, 0.25) is 5.91 Å². The number of nitrogens with one attached hydrogen (secondary N) is 2. The van der Waals surface area contributed by atoms with Gasteiger partial charge in [-0.05, 0) is 13.0 Å². The number of imidazole rings is 1. The lowest BCUT2D eigenvalue weighted by molar-refractivity contribution is -0.117. The summed E-state index contributed by atoms with van der Waals surface area (Å²) in [6, 6.07) is -0.106. The highest BCUT2D eigenvalue weighted by Gasteiger charge is 2.07. The lowest BCUT2D eigenvalue weighted by atomic mass is 10.3. The van der Waals surface area contributed by atoms with E-state index in [1.165, 1.54) is 6.08 Å². The van der Waals surface area contributed by atoms with E-state index in [-0.39, 0.29) is 11.9 Å². The van der Waals surface area contributed by atoms with E-state index >= 15 is 0 Å². The molecule has 0 spiro atoms. The highest BCUT2D eigenvalue weighted by atomic mass is 16.1. The Kier molecular flexibility index (Phi) is 2.63. The van der Waals surface area contributed by atoms with Gasteiger partial charge in [0.15, 0.2) is 0 Å². The van der Waals surface area contributed by atoms with Crippen LogP contribution in [0.1, 0.15) is 18.8 Å². The molecule has 4 nitrogen and oxygen atoms in total. The summed E-state index contributed by atoms with van der Waals surface area (Å²) in [5.41, 5.74) is 0. The van der Waals surface area contributed by atoms with Crippen LogP contribution in [-0.2, 0) is 4.79 Å². The fourth-order valence-electron chi connectivity index (χ4n) is 0.855. The number of aromatic amines is 1. The molecule has 64 valence electrons. The van der Waals surface area contributed by atoms with E-state index in [1.807, 2.05) is 6.92 Å². The average Bonchev–Trinajstić information content (AvgIpc) is 2.56. The van der Waals surface area contributed by atoms with Crippen molar-refractivity contribution in [3.8, 4) is 0 Å². The Morgan fingerprint density at radius 1 is 1.92 bits per heavy atom. The second-order valence-electron chi connectivity index (χ2n) is 2.41. The quantitative estimate of drug-likeness (QED) is 0.650. The van der Waals surface area contributed by atoms with E-state index in [4.69, 9.17) is 0 Å². The summed E-state index contributed by atoms with van der Waals surface area (Å²) in [6.45, 7) is 5.20. The van der Waals surface area contributed by atoms with Crippen LogP contribution in [-0.4, -0.2) is 15.9 Å². The summed E-state index contributed by atoms with van der Waals surface area (Å²) >= 11 is 0. The maximum absolute atomic E-state index is 10.8. The number of hydrogen-bond donors (Lipinski definition) is 2. The van der Waals surface area contributed by atoms with Crippen LogP contribution in [0.4, 0.5) is 0 Å². The van der Waals surface area contributed by atoms with Gasteiger partial charge in [-0.1, -0.05) is 6.58 Å². The minimum atomic E-state index is -0.195. The molecule has 0 unspecified atom stereocenters. The minimum Gasteiger partial charge on any atom is -0.347 e. The lowest BCUT2D eigenvalue weighted by Gasteiger charge is -2.08. The van der Waals surface area contributed by atoms with Gasteiger partial charge < -0.3 is 10.3 Å². The Morgan fingerprint density at radius 3 is 3.17 bits per heavy atom. The third kappa shape index (κ3) is 1.95. The maximum atomic E-state index is 10.8. The molecular weight excluding hydrogens is 154 g/mol. The molecule has 1 atom stereocenters. The largest absolute Gasteiger partial charge is 0.347 e. The number of hydrogen-bond acceptors (Lipinski definition) is 2. The molecule has 0 bridgehead atoms. The molecule has 0 aliphatic carbocycles. The molecule has 1 heterocycles. The van der Waals surface area contributed by atoms with Crippen molar-refractivity contribution < 1.29 is 4.79 Å². The zero-order chi connectivity index (χ0) is 8.97. The monoisotopic (exact) mass is 165 g/mol. The molecule has 1 amide bonds. The second-order valence-corrected chi connectivity index (χ2v) is 2.41. The molecule has 0 saturated carbocycles. The molecule has 0 radical (unpaired) electrons. The third-order valence-electron chi connectivity index (χ3n) is 1.47. The Bertz CT molecular complexity index is 266. The fraction of sp³-hybridized carbons (Fsp3) is 0.250. The first-order valence-corrected chi connectivity index (χ1v) is 3.66. The van der Waals surface area contributed by atoms with Gasteiger partial charge in [0.25, 0.3) is 0 Å². The highest BCUT2D eigenvalue weighted by Crippen LogP contribution is 2.04. The molecule has 1 aromatic heterocycles. The van der Waals surface area contributed by atoms with Crippen molar-refractivity contribution in [2.75, 3.05) is 0 Å². The molecule has 1 rings (SSSR count). The Hall–Kier alpha value is -1.58. The Labute approximate surface area is 70.7 Å². The predicted molar refractivity (Wildman–Crippen MR) is 45.3 cm³/mol. The van der Waals surface area contributed by atoms with Crippen LogP contribution < -0.4 is 5.32 Å². The normalized spacial score (nSPS) is 12.1. The standard InChI is InChI=1S/C8H11N3O/c1-3-7(12)11-6(2)8-9-4-5-10-8/h3-6H,1H2,2H3,(H,9,10)(H,11,12)/t6-/m0/s1. The number of carbonyl (C=O) groups excluding carboxylic acids is 1. The summed E-state index contributed by atoms with van der Waals surface area (Å²) in [5, 5.41) is 2.68. The van der Waals surface area contributed by atoms with Gasteiger partial charge in [0, 0.05) is 12.4 Å². The predicted octanol–water partition coefficient (Wildman–Crippen LogP) is 0.773. The van der Waals surface area contributed by atoms with Crippen molar-refractivity contribution in [2.24, 2.45) is 0 Å². The van der Waals surface area contributed by atoms with Gasteiger partial charge in [0.1, 0.15) is 5.82 Å². The average molecular weight is 165 g/mol. The first kappa shape index (κ1) is 8.52. The minimum absolute atomic E-state index is 0.106. The van der Waals surface area contributed by atoms with Crippen molar-refractivity contribution in [1.82, 2.24) is 15.3 Å². The molecule has 1 aromatic rings. The Balaban J connectivity index is 2.55. The number of aromatic nitrogens is 2. The smallest absolute Gasteiger partial charge is 0.243 e. The number of carbonyl (C=O) groups is 1. The van der Waals surface area contributed by atoms with Crippen molar-refractivity contribution in [3.63, 3.8) is 0 Å². The van der Waals surface area contributed by atoms with E-state index in [0.29, 0.717) is 0 Å². The molecule has 2 N–H and O–H groups in total. The SMILES string of the molecule is C=CC(=O)N[C@@H](C)c1ncc[nH]1. The van der Waals surface area contributed by atoms with E-state index in [9.17, 15) is 4.79 Å². The van der Waals surface area contributed by atoms with E-state index < -0.39 is 0 Å². The van der Waals surface area contributed by atoms with Crippen molar-refractivity contribution >= 4 is 5.91 Å². The summed E-state index contributed by atoms with van der Waals surface area (Å²) in [7, 11) is 0. The van der Waals surface area contributed by atoms with Crippen LogP contribution in [0.3, 0.4) is 0 Å². The molecule has 0 aliphatic rings. The molecule has 0 saturated heterocycles. The van der Waals surface area contributed by atoms with Crippen molar-refractivity contribution in [2.45, 2.75) is 13.0 Å². The first-order chi connectivity index (χ1) is 5.74. The number of rotatable bonds is 3. The number of nitrogens with zero attached hydrogens (tertiary/aromatic N) is 1. The van der Waals surface area contributed by atoms with Gasteiger partial charge >= 0.3 is 0 Å². The van der Waals surface area contributed by atoms with Gasteiger partial charge in [-0.3, -0.25) is 4.79 Å². The highest BCUT2D eigenvalue weighted by molar-refractivity contribution is 5.87. The van der Waals surface area contributed by atoms with E-state index in [2.05, 4.69) is 21.9 Å². The molecule has 0 aliphatic heterocycles. The van der Waals surface area contributed by atoms with Crippen LogP contribution in [0, 0.1) is 0 Å². The summed E-state index contributed by atoms with van der Waals surface area (Å²) in [5.74, 6) is 0.545. The first-order valence-electron chi connectivity index (χ1n) is 3.66. The molecule has 4 heteroatoms. The van der Waals surface area contributed by atoms with Crippen molar-refractivity contribution in [1.29, 1.82) is 0 Å². The van der Waals surface area contributed by atoms with E-state index in [1.54, 1.807) is 12.4 Å². The van der Waals surface area contributed by atoms with Crippen LogP contribution in [0.15, 0.2) is 25.0 Å². The summed E-state index contributed by atoms with van der Waals surface area (Å²) < 4.78 is 0. The van der Waals surface area contributed by atoms with Gasteiger partial charge in [-0.15, -0.1) is 0 Å². The maximum Gasteiger partial charge on any atom is 0.243 e. The molecule has 0 aromatic carbocycles. The van der Waals surface area contributed by atoms with Crippen LogP contribution in [0.5, 0.6) is 0 Å². The number of amides is 1. The Morgan fingerprint density at radius 2 is 2.67 bits per heavy atom. The number of H-pyrrole nitrogens is 1. The molecule has 12 heavy (non-hydrogen) atoms. The van der Waals surface area contributed by atoms with Crippen molar-refractivity contribution in [3.05, 3.63) is 30.9 Å². The molecular formula is C8H11N3O. The molecule has 0 fully saturated rings. The third-order valence-corrected chi connectivity index (χ3v) is 1.47. The van der Waals surface area contributed by atoms with Crippen LogP contribution >= 0.6 is 0 Å². The van der Waals surface area contributed by atoms with Gasteiger partial charge in [0.05, 0.1) is 6.04 Å². The topological polar surface area (TPSA) is 57.8 Å². The lowest BCUT2D eigenvalue weighted by Crippen LogP contribution is -2.25. The second kappa shape index (κ2) is 3.71.